The van der Waals surface area contributed by atoms with Gasteiger partial charge in [-0.15, -0.1) is 0 Å². The van der Waals surface area contributed by atoms with Gasteiger partial charge in [-0.1, -0.05) is 12.2 Å². The Hall–Kier alpha value is -1.92. The molecule has 2 aliphatic heterocycles. The highest BCUT2D eigenvalue weighted by Gasteiger charge is 2.28. The highest BCUT2D eigenvalue weighted by molar-refractivity contribution is 5.94. The van der Waals surface area contributed by atoms with Crippen LogP contribution in [-0.4, -0.2) is 72.2 Å². The molecule has 1 aromatic heterocycles. The Morgan fingerprint density at radius 1 is 1.08 bits per heavy atom. The van der Waals surface area contributed by atoms with Crippen LogP contribution < -0.4 is 5.32 Å². The molecule has 0 aromatic carbocycles. The maximum Gasteiger partial charge on any atom is 0.255 e. The van der Waals surface area contributed by atoms with Crippen molar-refractivity contribution in [2.75, 3.05) is 44.7 Å². The van der Waals surface area contributed by atoms with Crippen molar-refractivity contribution < 1.29 is 9.53 Å². The SMILES string of the molecule is O=C(c1ccc(NC2CC=CC2)nc1)N1CCC(N2CCOCC2)CC1. The van der Waals surface area contributed by atoms with Gasteiger partial charge in [-0.25, -0.2) is 4.98 Å². The number of anilines is 1. The summed E-state index contributed by atoms with van der Waals surface area (Å²) in [5.41, 5.74) is 0.685. The third kappa shape index (κ3) is 4.07. The molecule has 0 saturated carbocycles. The Labute approximate surface area is 155 Å². The summed E-state index contributed by atoms with van der Waals surface area (Å²) in [6, 6.07) is 4.84. The van der Waals surface area contributed by atoms with Gasteiger partial charge in [-0.05, 0) is 37.8 Å². The van der Waals surface area contributed by atoms with Gasteiger partial charge < -0.3 is 15.0 Å². The smallest absolute Gasteiger partial charge is 0.255 e. The van der Waals surface area contributed by atoms with E-state index in [1.165, 1.54) is 0 Å². The average Bonchev–Trinajstić information content (AvgIpc) is 3.22. The van der Waals surface area contributed by atoms with Crippen molar-refractivity contribution in [2.45, 2.75) is 37.8 Å². The lowest BCUT2D eigenvalue weighted by molar-refractivity contribution is 0.00158. The molecule has 0 atom stereocenters. The number of piperidine rings is 1. The molecule has 3 aliphatic rings. The number of nitrogens with zero attached hydrogens (tertiary/aromatic N) is 3. The number of nitrogens with one attached hydrogen (secondary N) is 1. The van der Waals surface area contributed by atoms with Crippen molar-refractivity contribution in [3.05, 3.63) is 36.0 Å². The first-order chi connectivity index (χ1) is 12.8. The van der Waals surface area contributed by atoms with E-state index in [0.717, 1.165) is 70.9 Å². The summed E-state index contributed by atoms with van der Waals surface area (Å²) in [5, 5.41) is 3.41. The standard InChI is InChI=1S/C20H28N4O2/c25-20(16-5-6-19(21-15-16)22-17-3-1-2-4-17)24-9-7-18(8-10-24)23-11-13-26-14-12-23/h1-2,5-6,15,17-18H,3-4,7-14H2,(H,21,22). The molecule has 6 nitrogen and oxygen atoms in total. The van der Waals surface area contributed by atoms with Gasteiger partial charge in [0.2, 0.25) is 0 Å². The summed E-state index contributed by atoms with van der Waals surface area (Å²) in [6.45, 7) is 5.37. The van der Waals surface area contributed by atoms with Crippen LogP contribution in [0.25, 0.3) is 0 Å². The van der Waals surface area contributed by atoms with E-state index in [4.69, 9.17) is 4.74 Å². The number of hydrogen-bond acceptors (Lipinski definition) is 5. The number of likely N-dealkylation sites (tertiary alicyclic amines) is 1. The van der Waals surface area contributed by atoms with E-state index in [1.807, 2.05) is 17.0 Å². The van der Waals surface area contributed by atoms with E-state index >= 15 is 0 Å². The molecule has 1 aliphatic carbocycles. The zero-order valence-electron chi connectivity index (χ0n) is 15.3. The van der Waals surface area contributed by atoms with Crippen molar-refractivity contribution in [2.24, 2.45) is 0 Å². The molecule has 6 heteroatoms. The molecule has 0 unspecified atom stereocenters. The fourth-order valence-electron chi connectivity index (χ4n) is 4.11. The van der Waals surface area contributed by atoms with Gasteiger partial charge in [0.05, 0.1) is 18.8 Å². The lowest BCUT2D eigenvalue weighted by Gasteiger charge is -2.40. The van der Waals surface area contributed by atoms with E-state index in [2.05, 4.69) is 27.4 Å². The van der Waals surface area contributed by atoms with Gasteiger partial charge in [0.25, 0.3) is 5.91 Å². The molecule has 1 amide bonds. The first-order valence-electron chi connectivity index (χ1n) is 9.78. The molecule has 4 rings (SSSR count). The highest BCUT2D eigenvalue weighted by Crippen LogP contribution is 2.20. The third-order valence-corrected chi connectivity index (χ3v) is 5.68. The molecule has 3 heterocycles. The van der Waals surface area contributed by atoms with Crippen LogP contribution in [0.15, 0.2) is 30.5 Å². The molecule has 140 valence electrons. The second kappa shape index (κ2) is 8.18. The van der Waals surface area contributed by atoms with Crippen LogP contribution in [0.5, 0.6) is 0 Å². The topological polar surface area (TPSA) is 57.7 Å². The molecular formula is C20H28N4O2. The Bertz CT molecular complexity index is 624. The first kappa shape index (κ1) is 17.5. The molecule has 26 heavy (non-hydrogen) atoms. The zero-order valence-corrected chi connectivity index (χ0v) is 15.3. The minimum atomic E-state index is 0.104. The van der Waals surface area contributed by atoms with Crippen molar-refractivity contribution >= 4 is 11.7 Å². The number of ether oxygens (including phenoxy) is 1. The number of rotatable bonds is 4. The molecular weight excluding hydrogens is 328 g/mol. The van der Waals surface area contributed by atoms with Gasteiger partial charge in [-0.2, -0.15) is 0 Å². The minimum Gasteiger partial charge on any atom is -0.379 e. The van der Waals surface area contributed by atoms with Crippen LogP contribution in [0.4, 0.5) is 5.82 Å². The van der Waals surface area contributed by atoms with E-state index in [0.29, 0.717) is 17.6 Å². The molecule has 1 N–H and O–H groups in total. The van der Waals surface area contributed by atoms with Crippen molar-refractivity contribution in [3.8, 4) is 0 Å². The molecule has 2 fully saturated rings. The van der Waals surface area contributed by atoms with Crippen molar-refractivity contribution in [1.29, 1.82) is 0 Å². The highest BCUT2D eigenvalue weighted by atomic mass is 16.5. The predicted octanol–water partition coefficient (Wildman–Crippen LogP) is 2.15. The van der Waals surface area contributed by atoms with E-state index in [-0.39, 0.29) is 5.91 Å². The lowest BCUT2D eigenvalue weighted by atomic mass is 10.0. The quantitative estimate of drug-likeness (QED) is 0.838. The number of amides is 1. The monoisotopic (exact) mass is 356 g/mol. The molecule has 0 bridgehead atoms. The van der Waals surface area contributed by atoms with Crippen molar-refractivity contribution in [3.63, 3.8) is 0 Å². The summed E-state index contributed by atoms with van der Waals surface area (Å²) < 4.78 is 5.44. The van der Waals surface area contributed by atoms with Crippen LogP contribution in [0.1, 0.15) is 36.0 Å². The third-order valence-electron chi connectivity index (χ3n) is 5.68. The molecule has 1 aromatic rings. The predicted molar refractivity (Wildman–Crippen MR) is 101 cm³/mol. The van der Waals surface area contributed by atoms with Crippen LogP contribution >= 0.6 is 0 Å². The summed E-state index contributed by atoms with van der Waals surface area (Å²) in [4.78, 5) is 21.7. The number of morpholine rings is 1. The second-order valence-electron chi connectivity index (χ2n) is 7.39. The maximum absolute atomic E-state index is 12.8. The molecule has 0 radical (unpaired) electrons. The van der Waals surface area contributed by atoms with Gasteiger partial charge in [0, 0.05) is 44.5 Å². The van der Waals surface area contributed by atoms with Gasteiger partial charge in [0.1, 0.15) is 5.82 Å². The van der Waals surface area contributed by atoms with E-state index in [9.17, 15) is 4.79 Å². The number of carbonyl (C=O) groups excluding carboxylic acids is 1. The summed E-state index contributed by atoms with van der Waals surface area (Å²) in [5.74, 6) is 0.952. The number of pyridine rings is 1. The van der Waals surface area contributed by atoms with Gasteiger partial charge in [0.15, 0.2) is 0 Å². The fourth-order valence-corrected chi connectivity index (χ4v) is 4.11. The summed E-state index contributed by atoms with van der Waals surface area (Å²) in [7, 11) is 0. The van der Waals surface area contributed by atoms with Gasteiger partial charge >= 0.3 is 0 Å². The van der Waals surface area contributed by atoms with Crippen molar-refractivity contribution in [1.82, 2.24) is 14.8 Å². The second-order valence-corrected chi connectivity index (χ2v) is 7.39. The first-order valence-corrected chi connectivity index (χ1v) is 9.78. The number of carbonyl (C=O) groups is 1. The number of hydrogen-bond donors (Lipinski definition) is 1. The largest absolute Gasteiger partial charge is 0.379 e. The Morgan fingerprint density at radius 2 is 1.81 bits per heavy atom. The van der Waals surface area contributed by atoms with Crippen LogP contribution in [-0.2, 0) is 4.74 Å². The summed E-state index contributed by atoms with van der Waals surface area (Å²) in [6.07, 6.45) is 10.3. The van der Waals surface area contributed by atoms with Crippen LogP contribution in [0.2, 0.25) is 0 Å². The summed E-state index contributed by atoms with van der Waals surface area (Å²) >= 11 is 0. The molecule has 2 saturated heterocycles. The Kier molecular flexibility index (Phi) is 5.51. The zero-order chi connectivity index (χ0) is 17.8. The average molecular weight is 356 g/mol. The van der Waals surface area contributed by atoms with Gasteiger partial charge in [-0.3, -0.25) is 9.69 Å². The maximum atomic E-state index is 12.8. The van der Waals surface area contributed by atoms with Crippen LogP contribution in [0, 0.1) is 0 Å². The Balaban J connectivity index is 1.29. The lowest BCUT2D eigenvalue weighted by Crippen LogP contribution is -2.50. The normalized spacial score (nSPS) is 22.7. The van der Waals surface area contributed by atoms with E-state index < -0.39 is 0 Å². The number of aromatic nitrogens is 1. The fraction of sp³-hybridized carbons (Fsp3) is 0.600. The minimum absolute atomic E-state index is 0.104. The Morgan fingerprint density at radius 3 is 2.46 bits per heavy atom. The van der Waals surface area contributed by atoms with E-state index in [1.54, 1.807) is 6.20 Å². The van der Waals surface area contributed by atoms with Crippen LogP contribution in [0.3, 0.4) is 0 Å². The molecule has 0 spiro atoms.